The Hall–Kier alpha value is -1.77. The van der Waals surface area contributed by atoms with Gasteiger partial charge in [0.1, 0.15) is 0 Å². The molecule has 0 radical (unpaired) electrons. The molecule has 2 aromatic rings. The van der Waals surface area contributed by atoms with Crippen LogP contribution < -0.4 is 5.56 Å². The fourth-order valence-corrected chi connectivity index (χ4v) is 2.55. The topological polar surface area (TPSA) is 37.8 Å². The molecule has 0 unspecified atom stereocenters. The first-order chi connectivity index (χ1) is 8.25. The van der Waals surface area contributed by atoms with Gasteiger partial charge < -0.3 is 0 Å². The van der Waals surface area contributed by atoms with E-state index in [1.165, 1.54) is 11.1 Å². The molecule has 1 aromatic carbocycles. The predicted octanol–water partition coefficient (Wildman–Crippen LogP) is 2.02. The molecule has 0 fully saturated rings. The highest BCUT2D eigenvalue weighted by atomic mass is 16.1. The van der Waals surface area contributed by atoms with Gasteiger partial charge in [-0.1, -0.05) is 24.3 Å². The van der Waals surface area contributed by atoms with Crippen molar-refractivity contribution in [3.8, 4) is 0 Å². The maximum atomic E-state index is 12.1. The summed E-state index contributed by atoms with van der Waals surface area (Å²) in [6.45, 7) is 2.73. The smallest absolute Gasteiger partial charge is 0.270 e. The number of nitrogens with zero attached hydrogens (tertiary/aromatic N) is 1. The van der Waals surface area contributed by atoms with Crippen molar-refractivity contribution in [2.75, 3.05) is 0 Å². The number of aryl methyl sites for hydroxylation is 2. The molecule has 1 aliphatic rings. The van der Waals surface area contributed by atoms with Crippen LogP contribution in [0.15, 0.2) is 29.1 Å². The van der Waals surface area contributed by atoms with E-state index in [9.17, 15) is 4.79 Å². The second kappa shape index (κ2) is 3.91. The summed E-state index contributed by atoms with van der Waals surface area (Å²) in [5, 5.41) is 3.24. The second-order valence-corrected chi connectivity index (χ2v) is 4.74. The molecule has 0 bridgehead atoms. The number of aromatic amines is 1. The number of rotatable bonds is 2. The first kappa shape index (κ1) is 10.4. The number of aromatic nitrogens is 2. The van der Waals surface area contributed by atoms with Gasteiger partial charge in [0.15, 0.2) is 0 Å². The zero-order valence-corrected chi connectivity index (χ0v) is 9.99. The average molecular weight is 228 g/mol. The standard InChI is InChI=1S/C14H16N2O/c1-10-5-2-3-6-11(10)9-16-14(17)12-7-4-8-13(12)15-16/h2-3,5-6,15H,4,7-9H2,1H3. The van der Waals surface area contributed by atoms with Crippen LogP contribution in [0.2, 0.25) is 0 Å². The molecule has 0 saturated heterocycles. The van der Waals surface area contributed by atoms with Gasteiger partial charge in [0.25, 0.3) is 5.56 Å². The van der Waals surface area contributed by atoms with E-state index in [1.54, 1.807) is 4.68 Å². The van der Waals surface area contributed by atoms with E-state index in [-0.39, 0.29) is 5.56 Å². The van der Waals surface area contributed by atoms with Crippen LogP contribution in [0.1, 0.15) is 28.8 Å². The van der Waals surface area contributed by atoms with Gasteiger partial charge in [-0.25, -0.2) is 4.68 Å². The Kier molecular flexibility index (Phi) is 2.39. The molecule has 0 saturated carbocycles. The Morgan fingerprint density at radius 3 is 2.88 bits per heavy atom. The van der Waals surface area contributed by atoms with E-state index in [1.807, 2.05) is 12.1 Å². The van der Waals surface area contributed by atoms with Crippen LogP contribution in [-0.4, -0.2) is 9.78 Å². The van der Waals surface area contributed by atoms with Crippen molar-refractivity contribution in [2.45, 2.75) is 32.7 Å². The monoisotopic (exact) mass is 228 g/mol. The van der Waals surface area contributed by atoms with Crippen LogP contribution in [-0.2, 0) is 19.4 Å². The number of hydrogen-bond donors (Lipinski definition) is 1. The molecule has 0 spiro atoms. The minimum Gasteiger partial charge on any atom is -0.299 e. The van der Waals surface area contributed by atoms with Crippen LogP contribution >= 0.6 is 0 Å². The average Bonchev–Trinajstić information content (AvgIpc) is 2.87. The number of H-pyrrole nitrogens is 1. The van der Waals surface area contributed by atoms with Crippen LogP contribution in [0.25, 0.3) is 0 Å². The second-order valence-electron chi connectivity index (χ2n) is 4.74. The highest BCUT2D eigenvalue weighted by molar-refractivity contribution is 5.27. The van der Waals surface area contributed by atoms with Crippen LogP contribution in [0, 0.1) is 6.92 Å². The lowest BCUT2D eigenvalue weighted by Crippen LogP contribution is -2.20. The van der Waals surface area contributed by atoms with E-state index in [0.717, 1.165) is 30.5 Å². The fraction of sp³-hybridized carbons (Fsp3) is 0.357. The Bertz CT molecular complexity index is 607. The van der Waals surface area contributed by atoms with Crippen LogP contribution in [0.3, 0.4) is 0 Å². The first-order valence-corrected chi connectivity index (χ1v) is 6.11. The van der Waals surface area contributed by atoms with E-state index in [4.69, 9.17) is 0 Å². The quantitative estimate of drug-likeness (QED) is 0.839. The lowest BCUT2D eigenvalue weighted by Gasteiger charge is -2.06. The molecule has 1 N–H and O–H groups in total. The summed E-state index contributed by atoms with van der Waals surface area (Å²) < 4.78 is 1.74. The van der Waals surface area contributed by atoms with E-state index >= 15 is 0 Å². The predicted molar refractivity (Wildman–Crippen MR) is 67.4 cm³/mol. The molecule has 88 valence electrons. The van der Waals surface area contributed by atoms with Gasteiger partial charge in [0, 0.05) is 11.3 Å². The summed E-state index contributed by atoms with van der Waals surface area (Å²) in [6.07, 6.45) is 3.07. The molecule has 1 aliphatic carbocycles. The number of nitrogens with one attached hydrogen (secondary N) is 1. The molecule has 0 aliphatic heterocycles. The largest absolute Gasteiger partial charge is 0.299 e. The SMILES string of the molecule is Cc1ccccc1Cn1[nH]c2c(c1=O)CCC2. The lowest BCUT2D eigenvalue weighted by atomic mass is 10.1. The number of benzene rings is 1. The zero-order chi connectivity index (χ0) is 11.8. The van der Waals surface area contributed by atoms with E-state index in [0.29, 0.717) is 6.54 Å². The number of hydrogen-bond acceptors (Lipinski definition) is 1. The van der Waals surface area contributed by atoms with Crippen molar-refractivity contribution in [3.05, 3.63) is 57.0 Å². The third kappa shape index (κ3) is 1.71. The first-order valence-electron chi connectivity index (χ1n) is 6.11. The molecular weight excluding hydrogens is 212 g/mol. The minimum atomic E-state index is 0.167. The third-order valence-corrected chi connectivity index (χ3v) is 3.58. The molecule has 0 amide bonds. The molecule has 0 atom stereocenters. The highest BCUT2D eigenvalue weighted by Gasteiger charge is 2.19. The van der Waals surface area contributed by atoms with Gasteiger partial charge in [0.05, 0.1) is 6.54 Å². The Morgan fingerprint density at radius 1 is 1.29 bits per heavy atom. The Morgan fingerprint density at radius 2 is 2.12 bits per heavy atom. The van der Waals surface area contributed by atoms with Crippen molar-refractivity contribution >= 4 is 0 Å². The maximum Gasteiger partial charge on any atom is 0.270 e. The molecule has 1 aromatic heterocycles. The van der Waals surface area contributed by atoms with Crippen molar-refractivity contribution in [1.82, 2.24) is 9.78 Å². The van der Waals surface area contributed by atoms with Gasteiger partial charge >= 0.3 is 0 Å². The van der Waals surface area contributed by atoms with Gasteiger partial charge in [-0.2, -0.15) is 0 Å². The maximum absolute atomic E-state index is 12.1. The summed E-state index contributed by atoms with van der Waals surface area (Å²) in [6, 6.07) is 8.20. The fourth-order valence-electron chi connectivity index (χ4n) is 2.55. The third-order valence-electron chi connectivity index (χ3n) is 3.58. The summed E-state index contributed by atoms with van der Waals surface area (Å²) >= 11 is 0. The molecule has 1 heterocycles. The van der Waals surface area contributed by atoms with Gasteiger partial charge in [-0.15, -0.1) is 0 Å². The van der Waals surface area contributed by atoms with E-state index in [2.05, 4.69) is 24.2 Å². The molecule has 3 nitrogen and oxygen atoms in total. The molecule has 3 heteroatoms. The highest BCUT2D eigenvalue weighted by Crippen LogP contribution is 2.16. The van der Waals surface area contributed by atoms with Crippen molar-refractivity contribution in [1.29, 1.82) is 0 Å². The summed E-state index contributed by atoms with van der Waals surface area (Å²) in [5.41, 5.74) is 4.74. The zero-order valence-electron chi connectivity index (χ0n) is 9.99. The Labute approximate surface area is 100 Å². The molecule has 3 rings (SSSR count). The summed E-state index contributed by atoms with van der Waals surface area (Å²) in [5.74, 6) is 0. The van der Waals surface area contributed by atoms with Gasteiger partial charge in [-0.05, 0) is 37.3 Å². The molecular formula is C14H16N2O. The number of fused-ring (bicyclic) bond motifs is 1. The minimum absolute atomic E-state index is 0.167. The summed E-state index contributed by atoms with van der Waals surface area (Å²) in [7, 11) is 0. The molecule has 17 heavy (non-hydrogen) atoms. The van der Waals surface area contributed by atoms with Gasteiger partial charge in [0.2, 0.25) is 0 Å². The Balaban J connectivity index is 1.97. The van der Waals surface area contributed by atoms with Crippen molar-refractivity contribution in [3.63, 3.8) is 0 Å². The normalized spacial score (nSPS) is 13.9. The lowest BCUT2D eigenvalue weighted by molar-refractivity contribution is 0.639. The van der Waals surface area contributed by atoms with Crippen LogP contribution in [0.4, 0.5) is 0 Å². The van der Waals surface area contributed by atoms with Crippen molar-refractivity contribution in [2.24, 2.45) is 0 Å². The van der Waals surface area contributed by atoms with Crippen LogP contribution in [0.5, 0.6) is 0 Å². The van der Waals surface area contributed by atoms with E-state index < -0.39 is 0 Å². The van der Waals surface area contributed by atoms with Gasteiger partial charge in [-0.3, -0.25) is 9.89 Å². The summed E-state index contributed by atoms with van der Waals surface area (Å²) in [4.78, 5) is 12.1. The van der Waals surface area contributed by atoms with Crippen molar-refractivity contribution < 1.29 is 0 Å².